The molecule has 3 rings (SSSR count). The predicted molar refractivity (Wildman–Crippen MR) is 94.7 cm³/mol. The van der Waals surface area contributed by atoms with Crippen LogP contribution in [0.4, 0.5) is 10.3 Å². The number of amides is 1. The molecule has 1 saturated heterocycles. The minimum atomic E-state index is -0.277. The van der Waals surface area contributed by atoms with Gasteiger partial charge in [0.15, 0.2) is 0 Å². The second-order valence-electron chi connectivity index (χ2n) is 6.27. The maximum absolute atomic E-state index is 13.7. The molecular weight excluding hydrogens is 319 g/mol. The summed E-state index contributed by atoms with van der Waals surface area (Å²) in [4.78, 5) is 23.2. The number of benzene rings is 1. The second kappa shape index (κ2) is 8.05. The van der Waals surface area contributed by atoms with Gasteiger partial charge in [-0.25, -0.2) is 14.4 Å². The van der Waals surface area contributed by atoms with Gasteiger partial charge in [-0.3, -0.25) is 4.79 Å². The number of piperidine rings is 1. The highest BCUT2D eigenvalue weighted by Gasteiger charge is 2.27. The van der Waals surface area contributed by atoms with Crippen LogP contribution in [0.15, 0.2) is 36.5 Å². The number of rotatable bonds is 5. The van der Waals surface area contributed by atoms with Gasteiger partial charge in [0, 0.05) is 30.9 Å². The summed E-state index contributed by atoms with van der Waals surface area (Å²) >= 11 is 0. The summed E-state index contributed by atoms with van der Waals surface area (Å²) in [6.07, 6.45) is 5.77. The average molecular weight is 342 g/mol. The van der Waals surface area contributed by atoms with E-state index in [1.165, 1.54) is 12.5 Å². The van der Waals surface area contributed by atoms with Gasteiger partial charge in [-0.05, 0) is 37.8 Å². The van der Waals surface area contributed by atoms with E-state index in [-0.39, 0.29) is 24.3 Å². The van der Waals surface area contributed by atoms with Gasteiger partial charge >= 0.3 is 0 Å². The summed E-state index contributed by atoms with van der Waals surface area (Å²) in [5, 5.41) is 2.99. The van der Waals surface area contributed by atoms with Gasteiger partial charge < -0.3 is 10.2 Å². The average Bonchev–Trinajstić information content (AvgIpc) is 2.67. The standard InChI is InChI=1S/C19H23FN4O/c1-2-15-8-5-6-12-24(15)18(25)17-10-11-21-19(23-17)22-13-14-7-3-4-9-16(14)20/h3-4,7,9-11,15H,2,5-6,8,12-13H2,1H3,(H,21,22,23). The summed E-state index contributed by atoms with van der Waals surface area (Å²) in [7, 11) is 0. The van der Waals surface area contributed by atoms with Gasteiger partial charge in [-0.1, -0.05) is 25.1 Å². The molecule has 0 saturated carbocycles. The molecular formula is C19H23FN4O. The number of aromatic nitrogens is 2. The van der Waals surface area contributed by atoms with Crippen LogP contribution < -0.4 is 5.32 Å². The first-order chi connectivity index (χ1) is 12.2. The Morgan fingerprint density at radius 1 is 1.32 bits per heavy atom. The lowest BCUT2D eigenvalue weighted by Crippen LogP contribution is -2.43. The fourth-order valence-corrected chi connectivity index (χ4v) is 3.22. The number of likely N-dealkylation sites (tertiary alicyclic amines) is 1. The fraction of sp³-hybridized carbons (Fsp3) is 0.421. The van der Waals surface area contributed by atoms with Crippen molar-refractivity contribution in [3.05, 3.63) is 53.6 Å². The third-order valence-corrected chi connectivity index (χ3v) is 4.63. The largest absolute Gasteiger partial charge is 0.350 e. The topological polar surface area (TPSA) is 58.1 Å². The third-order valence-electron chi connectivity index (χ3n) is 4.63. The van der Waals surface area contributed by atoms with Crippen molar-refractivity contribution in [2.75, 3.05) is 11.9 Å². The van der Waals surface area contributed by atoms with Crippen molar-refractivity contribution in [2.45, 2.75) is 45.2 Å². The van der Waals surface area contributed by atoms with Gasteiger partial charge in [-0.2, -0.15) is 0 Å². The van der Waals surface area contributed by atoms with Crippen LogP contribution in [0.5, 0.6) is 0 Å². The Bertz CT molecular complexity index is 737. The first-order valence-electron chi connectivity index (χ1n) is 8.80. The molecule has 0 radical (unpaired) electrons. The summed E-state index contributed by atoms with van der Waals surface area (Å²) in [5.74, 6) is 0.00314. The Labute approximate surface area is 147 Å². The van der Waals surface area contributed by atoms with Gasteiger partial charge in [0.25, 0.3) is 5.91 Å². The Kier molecular flexibility index (Phi) is 5.58. The van der Waals surface area contributed by atoms with E-state index in [1.54, 1.807) is 30.5 Å². The first kappa shape index (κ1) is 17.3. The first-order valence-corrected chi connectivity index (χ1v) is 8.80. The zero-order chi connectivity index (χ0) is 17.6. The SMILES string of the molecule is CCC1CCCCN1C(=O)c1ccnc(NCc2ccccc2F)n1. The zero-order valence-corrected chi connectivity index (χ0v) is 14.4. The van der Waals surface area contributed by atoms with Crippen LogP contribution in [0.2, 0.25) is 0 Å². The van der Waals surface area contributed by atoms with Crippen molar-refractivity contribution in [1.82, 2.24) is 14.9 Å². The molecule has 1 aliphatic rings. The lowest BCUT2D eigenvalue weighted by molar-refractivity contribution is 0.0602. The maximum Gasteiger partial charge on any atom is 0.272 e. The number of hydrogen-bond acceptors (Lipinski definition) is 4. The molecule has 2 aromatic rings. The minimum Gasteiger partial charge on any atom is -0.350 e. The highest BCUT2D eigenvalue weighted by Crippen LogP contribution is 2.21. The normalized spacial score (nSPS) is 17.4. The van der Waals surface area contributed by atoms with Crippen LogP contribution in [-0.2, 0) is 6.54 Å². The van der Waals surface area contributed by atoms with Gasteiger partial charge in [-0.15, -0.1) is 0 Å². The molecule has 0 spiro atoms. The van der Waals surface area contributed by atoms with E-state index in [4.69, 9.17) is 0 Å². The molecule has 1 N–H and O–H groups in total. The van der Waals surface area contributed by atoms with E-state index < -0.39 is 0 Å². The van der Waals surface area contributed by atoms with Crippen molar-refractivity contribution < 1.29 is 9.18 Å². The third kappa shape index (κ3) is 4.13. The molecule has 25 heavy (non-hydrogen) atoms. The number of anilines is 1. The lowest BCUT2D eigenvalue weighted by atomic mass is 9.99. The van der Waals surface area contributed by atoms with Gasteiger partial charge in [0.05, 0.1) is 0 Å². The van der Waals surface area contributed by atoms with Crippen molar-refractivity contribution in [1.29, 1.82) is 0 Å². The molecule has 1 aromatic heterocycles. The van der Waals surface area contributed by atoms with Crippen LogP contribution in [-0.4, -0.2) is 33.4 Å². The monoisotopic (exact) mass is 342 g/mol. The number of nitrogens with one attached hydrogen (secondary N) is 1. The van der Waals surface area contributed by atoms with E-state index >= 15 is 0 Å². The fourth-order valence-electron chi connectivity index (χ4n) is 3.22. The number of carbonyl (C=O) groups is 1. The molecule has 2 heterocycles. The Morgan fingerprint density at radius 3 is 2.96 bits per heavy atom. The van der Waals surface area contributed by atoms with Gasteiger partial charge in [0.1, 0.15) is 11.5 Å². The molecule has 1 aromatic carbocycles. The van der Waals surface area contributed by atoms with Crippen LogP contribution in [0.1, 0.15) is 48.7 Å². The molecule has 1 amide bonds. The van der Waals surface area contributed by atoms with E-state index in [2.05, 4.69) is 22.2 Å². The second-order valence-corrected chi connectivity index (χ2v) is 6.27. The number of halogens is 1. The molecule has 6 heteroatoms. The zero-order valence-electron chi connectivity index (χ0n) is 14.4. The molecule has 5 nitrogen and oxygen atoms in total. The van der Waals surface area contributed by atoms with Crippen molar-refractivity contribution >= 4 is 11.9 Å². The van der Waals surface area contributed by atoms with Crippen molar-refractivity contribution in [3.63, 3.8) is 0 Å². The summed E-state index contributed by atoms with van der Waals surface area (Å²) in [5.41, 5.74) is 0.913. The van der Waals surface area contributed by atoms with E-state index in [0.29, 0.717) is 17.2 Å². The molecule has 0 bridgehead atoms. The lowest BCUT2D eigenvalue weighted by Gasteiger charge is -2.35. The quantitative estimate of drug-likeness (QED) is 0.901. The van der Waals surface area contributed by atoms with E-state index in [1.807, 2.05) is 4.90 Å². The molecule has 1 atom stereocenters. The predicted octanol–water partition coefficient (Wildman–Crippen LogP) is 3.63. The van der Waals surface area contributed by atoms with Crippen LogP contribution in [0, 0.1) is 5.82 Å². The Hall–Kier alpha value is -2.50. The molecule has 1 fully saturated rings. The number of nitrogens with zero attached hydrogens (tertiary/aromatic N) is 3. The summed E-state index contributed by atoms with van der Waals surface area (Å²) in [6, 6.07) is 8.47. The molecule has 0 aliphatic carbocycles. The highest BCUT2D eigenvalue weighted by atomic mass is 19.1. The van der Waals surface area contributed by atoms with Crippen molar-refractivity contribution in [2.24, 2.45) is 0 Å². The molecule has 1 unspecified atom stereocenters. The molecule has 132 valence electrons. The van der Waals surface area contributed by atoms with Gasteiger partial charge in [0.2, 0.25) is 5.95 Å². The van der Waals surface area contributed by atoms with E-state index in [9.17, 15) is 9.18 Å². The van der Waals surface area contributed by atoms with Crippen LogP contribution in [0.3, 0.4) is 0 Å². The highest BCUT2D eigenvalue weighted by molar-refractivity contribution is 5.92. The Morgan fingerprint density at radius 2 is 2.16 bits per heavy atom. The Balaban J connectivity index is 1.70. The molecule has 1 aliphatic heterocycles. The summed E-state index contributed by atoms with van der Waals surface area (Å²) < 4.78 is 13.7. The van der Waals surface area contributed by atoms with E-state index in [0.717, 1.165) is 25.8 Å². The summed E-state index contributed by atoms with van der Waals surface area (Å²) in [6.45, 7) is 3.16. The maximum atomic E-state index is 13.7. The number of hydrogen-bond donors (Lipinski definition) is 1. The minimum absolute atomic E-state index is 0.0529. The van der Waals surface area contributed by atoms with Crippen LogP contribution in [0.25, 0.3) is 0 Å². The smallest absolute Gasteiger partial charge is 0.272 e. The van der Waals surface area contributed by atoms with Crippen LogP contribution >= 0.6 is 0 Å². The van der Waals surface area contributed by atoms with Crippen molar-refractivity contribution in [3.8, 4) is 0 Å². The number of carbonyl (C=O) groups excluding carboxylic acids is 1.